The average molecular weight is 288 g/mol. The van der Waals surface area contributed by atoms with E-state index < -0.39 is 0 Å². The first kappa shape index (κ1) is 13.7. The summed E-state index contributed by atoms with van der Waals surface area (Å²) in [6, 6.07) is 3.50. The van der Waals surface area contributed by atoms with Crippen LogP contribution < -0.4 is 15.2 Å². The molecule has 2 heterocycles. The van der Waals surface area contributed by atoms with Gasteiger partial charge in [0.2, 0.25) is 11.8 Å². The fraction of sp³-hybridized carbons (Fsp3) is 0.467. The van der Waals surface area contributed by atoms with Gasteiger partial charge in [-0.2, -0.15) is 10.1 Å². The Morgan fingerprint density at radius 1 is 1.33 bits per heavy atom. The van der Waals surface area contributed by atoms with Crippen LogP contribution in [-0.4, -0.2) is 21.4 Å². The maximum Gasteiger partial charge on any atom is 0.240 e. The van der Waals surface area contributed by atoms with Gasteiger partial charge in [0, 0.05) is 13.1 Å². The van der Waals surface area contributed by atoms with Crippen molar-refractivity contribution < 1.29 is 9.47 Å². The highest BCUT2D eigenvalue weighted by Crippen LogP contribution is 2.32. The molecule has 0 radical (unpaired) electrons. The Kier molecular flexibility index (Phi) is 3.45. The van der Waals surface area contributed by atoms with Crippen molar-refractivity contribution in [2.45, 2.75) is 26.7 Å². The van der Waals surface area contributed by atoms with Crippen molar-refractivity contribution in [3.63, 3.8) is 0 Å². The van der Waals surface area contributed by atoms with Gasteiger partial charge < -0.3 is 15.2 Å². The van der Waals surface area contributed by atoms with Gasteiger partial charge in [0.15, 0.2) is 5.75 Å². The molecule has 0 aliphatic heterocycles. The Labute approximate surface area is 123 Å². The summed E-state index contributed by atoms with van der Waals surface area (Å²) in [5.74, 6) is 2.29. The van der Waals surface area contributed by atoms with Crippen LogP contribution in [0.3, 0.4) is 0 Å². The number of nitrogen functional groups attached to an aromatic ring is 1. The summed E-state index contributed by atoms with van der Waals surface area (Å²) >= 11 is 0. The maximum atomic E-state index is 5.89. The minimum atomic E-state index is 0.443. The van der Waals surface area contributed by atoms with Crippen LogP contribution >= 0.6 is 0 Å². The summed E-state index contributed by atoms with van der Waals surface area (Å²) in [6.45, 7) is 4.53. The van der Waals surface area contributed by atoms with Gasteiger partial charge >= 0.3 is 0 Å². The van der Waals surface area contributed by atoms with Crippen LogP contribution in [-0.2, 0) is 7.05 Å². The number of nitrogens with two attached hydrogens (primary N) is 1. The normalized spacial score (nSPS) is 14.2. The van der Waals surface area contributed by atoms with E-state index in [9.17, 15) is 0 Å². The number of anilines is 1. The molecule has 6 heteroatoms. The monoisotopic (exact) mass is 288 g/mol. The molecule has 1 aliphatic rings. The van der Waals surface area contributed by atoms with E-state index in [0.717, 1.165) is 17.1 Å². The average Bonchev–Trinajstić information content (AvgIpc) is 3.24. The third kappa shape index (κ3) is 2.94. The molecule has 2 aromatic rings. The molecule has 1 saturated carbocycles. The molecule has 0 aromatic carbocycles. The number of nitrogens with zero attached hydrogens (tertiary/aromatic N) is 3. The van der Waals surface area contributed by atoms with Crippen LogP contribution in [0.15, 0.2) is 12.1 Å². The standard InChI is InChI=1S/C15H20N4O2/c1-9-14(10(2)19(3)18-9)21-13-7-6-12(16)15(17-13)20-8-11-4-5-11/h6-7,11H,4-5,8,16H2,1-3H3. The van der Waals surface area contributed by atoms with Crippen LogP contribution in [0.2, 0.25) is 0 Å². The predicted octanol–water partition coefficient (Wildman–Crippen LogP) is 2.60. The van der Waals surface area contributed by atoms with Crippen LogP contribution in [0.4, 0.5) is 5.69 Å². The van der Waals surface area contributed by atoms with Gasteiger partial charge in [0.1, 0.15) is 5.69 Å². The van der Waals surface area contributed by atoms with Crippen molar-refractivity contribution in [2.75, 3.05) is 12.3 Å². The summed E-state index contributed by atoms with van der Waals surface area (Å²) in [5.41, 5.74) is 8.20. The molecule has 112 valence electrons. The van der Waals surface area contributed by atoms with Gasteiger partial charge in [-0.25, -0.2) is 0 Å². The summed E-state index contributed by atoms with van der Waals surface area (Å²) in [4.78, 5) is 4.35. The van der Waals surface area contributed by atoms with E-state index in [4.69, 9.17) is 15.2 Å². The second-order valence-corrected chi connectivity index (χ2v) is 5.52. The molecule has 1 aliphatic carbocycles. The lowest BCUT2D eigenvalue weighted by Crippen LogP contribution is -2.04. The van der Waals surface area contributed by atoms with Crippen LogP contribution in [0.5, 0.6) is 17.5 Å². The fourth-order valence-corrected chi connectivity index (χ4v) is 2.09. The molecule has 21 heavy (non-hydrogen) atoms. The van der Waals surface area contributed by atoms with E-state index >= 15 is 0 Å². The zero-order chi connectivity index (χ0) is 15.0. The lowest BCUT2D eigenvalue weighted by Gasteiger charge is -2.10. The molecule has 0 saturated heterocycles. The SMILES string of the molecule is Cc1nn(C)c(C)c1Oc1ccc(N)c(OCC2CC2)n1. The first-order valence-corrected chi connectivity index (χ1v) is 7.12. The van der Waals surface area contributed by atoms with E-state index in [-0.39, 0.29) is 0 Å². The number of hydrogen-bond acceptors (Lipinski definition) is 5. The number of hydrogen-bond donors (Lipinski definition) is 1. The van der Waals surface area contributed by atoms with E-state index in [1.165, 1.54) is 12.8 Å². The second kappa shape index (κ2) is 5.27. The van der Waals surface area contributed by atoms with Crippen LogP contribution in [0, 0.1) is 19.8 Å². The van der Waals surface area contributed by atoms with Gasteiger partial charge in [-0.1, -0.05) is 0 Å². The Morgan fingerprint density at radius 2 is 2.10 bits per heavy atom. The lowest BCUT2D eigenvalue weighted by atomic mass is 10.3. The molecule has 0 bridgehead atoms. The van der Waals surface area contributed by atoms with Gasteiger partial charge in [0.05, 0.1) is 18.0 Å². The first-order chi connectivity index (χ1) is 10.0. The highest BCUT2D eigenvalue weighted by molar-refractivity contribution is 5.50. The highest BCUT2D eigenvalue weighted by atomic mass is 16.5. The molecule has 2 N–H and O–H groups in total. The molecule has 0 amide bonds. The van der Waals surface area contributed by atoms with Crippen molar-refractivity contribution >= 4 is 5.69 Å². The second-order valence-electron chi connectivity index (χ2n) is 5.52. The number of aryl methyl sites for hydroxylation is 2. The van der Waals surface area contributed by atoms with Crippen LogP contribution in [0.1, 0.15) is 24.2 Å². The first-order valence-electron chi connectivity index (χ1n) is 7.12. The van der Waals surface area contributed by atoms with E-state index in [1.54, 1.807) is 16.8 Å². The molecule has 0 spiro atoms. The topological polar surface area (TPSA) is 75.2 Å². The molecule has 0 atom stereocenters. The van der Waals surface area contributed by atoms with Gasteiger partial charge in [-0.15, -0.1) is 0 Å². The lowest BCUT2D eigenvalue weighted by molar-refractivity contribution is 0.286. The predicted molar refractivity (Wildman–Crippen MR) is 79.6 cm³/mol. The van der Waals surface area contributed by atoms with Crippen LogP contribution in [0.25, 0.3) is 0 Å². The van der Waals surface area contributed by atoms with E-state index in [2.05, 4.69) is 10.1 Å². The summed E-state index contributed by atoms with van der Waals surface area (Å²) < 4.78 is 13.3. The van der Waals surface area contributed by atoms with Gasteiger partial charge in [0.25, 0.3) is 0 Å². The maximum absolute atomic E-state index is 5.89. The van der Waals surface area contributed by atoms with Crippen molar-refractivity contribution in [3.8, 4) is 17.5 Å². The smallest absolute Gasteiger partial charge is 0.240 e. The summed E-state index contributed by atoms with van der Waals surface area (Å²) in [5, 5.41) is 4.32. The summed E-state index contributed by atoms with van der Waals surface area (Å²) in [6.07, 6.45) is 2.45. The number of aromatic nitrogens is 3. The molecular formula is C15H20N4O2. The van der Waals surface area contributed by atoms with Crippen molar-refractivity contribution in [3.05, 3.63) is 23.5 Å². The number of pyridine rings is 1. The highest BCUT2D eigenvalue weighted by Gasteiger charge is 2.23. The third-order valence-corrected chi connectivity index (χ3v) is 3.67. The Morgan fingerprint density at radius 3 is 2.71 bits per heavy atom. The van der Waals surface area contributed by atoms with Crippen molar-refractivity contribution in [2.24, 2.45) is 13.0 Å². The van der Waals surface area contributed by atoms with Gasteiger partial charge in [-0.3, -0.25) is 4.68 Å². The van der Waals surface area contributed by atoms with E-state index in [0.29, 0.717) is 30.0 Å². The Bertz CT molecular complexity index is 662. The quantitative estimate of drug-likeness (QED) is 0.915. The molecule has 0 unspecified atom stereocenters. The minimum Gasteiger partial charge on any atom is -0.476 e. The zero-order valence-corrected chi connectivity index (χ0v) is 12.6. The number of rotatable bonds is 5. The Hall–Kier alpha value is -2.24. The molecule has 3 rings (SSSR count). The van der Waals surface area contributed by atoms with Gasteiger partial charge in [-0.05, 0) is 38.7 Å². The molecular weight excluding hydrogens is 268 g/mol. The minimum absolute atomic E-state index is 0.443. The molecule has 2 aromatic heterocycles. The number of ether oxygens (including phenoxy) is 2. The Balaban J connectivity index is 1.79. The molecule has 6 nitrogen and oxygen atoms in total. The van der Waals surface area contributed by atoms with Crippen molar-refractivity contribution in [1.82, 2.24) is 14.8 Å². The van der Waals surface area contributed by atoms with E-state index in [1.807, 2.05) is 20.9 Å². The largest absolute Gasteiger partial charge is 0.476 e. The third-order valence-electron chi connectivity index (χ3n) is 3.67. The molecule has 1 fully saturated rings. The fourth-order valence-electron chi connectivity index (χ4n) is 2.09. The van der Waals surface area contributed by atoms with Crippen molar-refractivity contribution in [1.29, 1.82) is 0 Å². The summed E-state index contributed by atoms with van der Waals surface area (Å²) in [7, 11) is 1.88. The zero-order valence-electron chi connectivity index (χ0n) is 12.6.